The molecule has 0 saturated heterocycles. The minimum absolute atomic E-state index is 0.147. The van der Waals surface area contributed by atoms with Gasteiger partial charge in [-0.2, -0.15) is 0 Å². The summed E-state index contributed by atoms with van der Waals surface area (Å²) in [5, 5.41) is 2.80. The number of nitrogens with zero attached hydrogens (tertiary/aromatic N) is 2. The Bertz CT molecular complexity index is 520. The Balaban J connectivity index is 1.93. The standard InChI is InChI=1S/C13H18N4O/c1-13(2,14)12(18)15-7-6-10-9-17-8-4-3-5-11(17)16-10/h3-5,8-9H,6-7,14H2,1-2H3,(H,15,18). The molecule has 0 aliphatic heterocycles. The van der Waals surface area contributed by atoms with Crippen molar-refractivity contribution in [3.05, 3.63) is 36.3 Å². The average molecular weight is 246 g/mol. The highest BCUT2D eigenvalue weighted by Crippen LogP contribution is 2.04. The van der Waals surface area contributed by atoms with E-state index in [1.165, 1.54) is 0 Å². The Morgan fingerprint density at radius 2 is 2.28 bits per heavy atom. The van der Waals surface area contributed by atoms with Gasteiger partial charge in [0.15, 0.2) is 0 Å². The van der Waals surface area contributed by atoms with E-state index in [-0.39, 0.29) is 5.91 Å². The lowest BCUT2D eigenvalue weighted by Gasteiger charge is -2.17. The molecule has 0 saturated carbocycles. The lowest BCUT2D eigenvalue weighted by molar-refractivity contribution is -0.125. The molecule has 5 heteroatoms. The number of aromatic nitrogens is 2. The Labute approximate surface area is 106 Å². The van der Waals surface area contributed by atoms with Crippen molar-refractivity contribution >= 4 is 11.6 Å². The number of hydrogen-bond donors (Lipinski definition) is 2. The van der Waals surface area contributed by atoms with Gasteiger partial charge in [0.2, 0.25) is 5.91 Å². The molecule has 18 heavy (non-hydrogen) atoms. The number of amides is 1. The van der Waals surface area contributed by atoms with Crippen LogP contribution in [-0.2, 0) is 11.2 Å². The summed E-state index contributed by atoms with van der Waals surface area (Å²) in [5.74, 6) is -0.147. The predicted molar refractivity (Wildman–Crippen MR) is 70.2 cm³/mol. The summed E-state index contributed by atoms with van der Waals surface area (Å²) in [5.41, 5.74) is 6.72. The fourth-order valence-electron chi connectivity index (χ4n) is 1.64. The molecule has 0 spiro atoms. The van der Waals surface area contributed by atoms with Crippen LogP contribution in [0.5, 0.6) is 0 Å². The maximum Gasteiger partial charge on any atom is 0.239 e. The third-order valence-corrected chi connectivity index (χ3v) is 2.67. The number of nitrogens with one attached hydrogen (secondary N) is 1. The highest BCUT2D eigenvalue weighted by Gasteiger charge is 2.20. The van der Waals surface area contributed by atoms with E-state index in [4.69, 9.17) is 5.73 Å². The summed E-state index contributed by atoms with van der Waals surface area (Å²) < 4.78 is 1.96. The van der Waals surface area contributed by atoms with Crippen LogP contribution in [0.3, 0.4) is 0 Å². The average Bonchev–Trinajstić information content (AvgIpc) is 2.70. The van der Waals surface area contributed by atoms with Gasteiger partial charge in [0, 0.05) is 25.4 Å². The molecule has 0 aliphatic carbocycles. The minimum Gasteiger partial charge on any atom is -0.354 e. The van der Waals surface area contributed by atoms with Crippen LogP contribution in [0.25, 0.3) is 5.65 Å². The zero-order chi connectivity index (χ0) is 13.2. The highest BCUT2D eigenvalue weighted by molar-refractivity contribution is 5.84. The van der Waals surface area contributed by atoms with Crippen molar-refractivity contribution in [1.29, 1.82) is 0 Å². The van der Waals surface area contributed by atoms with E-state index in [2.05, 4.69) is 10.3 Å². The number of carbonyl (C=O) groups excluding carboxylic acids is 1. The lowest BCUT2D eigenvalue weighted by Crippen LogP contribution is -2.49. The molecule has 2 rings (SSSR count). The van der Waals surface area contributed by atoms with Crippen LogP contribution < -0.4 is 11.1 Å². The third-order valence-electron chi connectivity index (χ3n) is 2.67. The van der Waals surface area contributed by atoms with E-state index >= 15 is 0 Å². The largest absolute Gasteiger partial charge is 0.354 e. The first-order valence-electron chi connectivity index (χ1n) is 5.96. The fourth-order valence-corrected chi connectivity index (χ4v) is 1.64. The first-order chi connectivity index (χ1) is 8.47. The fraction of sp³-hybridized carbons (Fsp3) is 0.385. The van der Waals surface area contributed by atoms with Gasteiger partial charge in [-0.15, -0.1) is 0 Å². The van der Waals surface area contributed by atoms with Gasteiger partial charge in [-0.3, -0.25) is 4.79 Å². The van der Waals surface area contributed by atoms with Crippen LogP contribution >= 0.6 is 0 Å². The second-order valence-corrected chi connectivity index (χ2v) is 4.93. The van der Waals surface area contributed by atoms with Crippen LogP contribution in [-0.4, -0.2) is 27.4 Å². The Morgan fingerprint density at radius 3 is 2.94 bits per heavy atom. The number of carbonyl (C=O) groups is 1. The van der Waals surface area contributed by atoms with Crippen LogP contribution in [0.15, 0.2) is 30.6 Å². The molecule has 1 amide bonds. The molecule has 0 atom stereocenters. The van der Waals surface area contributed by atoms with Crippen molar-refractivity contribution in [2.75, 3.05) is 6.54 Å². The van der Waals surface area contributed by atoms with Crippen molar-refractivity contribution in [2.24, 2.45) is 5.73 Å². The number of imidazole rings is 1. The maximum absolute atomic E-state index is 11.6. The van der Waals surface area contributed by atoms with Gasteiger partial charge >= 0.3 is 0 Å². The smallest absolute Gasteiger partial charge is 0.239 e. The van der Waals surface area contributed by atoms with Crippen LogP contribution in [0.1, 0.15) is 19.5 Å². The van der Waals surface area contributed by atoms with Crippen molar-refractivity contribution < 1.29 is 4.79 Å². The zero-order valence-electron chi connectivity index (χ0n) is 10.7. The van der Waals surface area contributed by atoms with E-state index in [0.29, 0.717) is 13.0 Å². The Hall–Kier alpha value is -1.88. The van der Waals surface area contributed by atoms with Gasteiger partial charge in [0.1, 0.15) is 5.65 Å². The first kappa shape index (κ1) is 12.6. The SMILES string of the molecule is CC(C)(N)C(=O)NCCc1cn2ccccc2n1. The summed E-state index contributed by atoms with van der Waals surface area (Å²) in [6, 6.07) is 5.85. The van der Waals surface area contributed by atoms with Gasteiger partial charge in [-0.05, 0) is 26.0 Å². The first-order valence-corrected chi connectivity index (χ1v) is 5.96. The normalized spacial score (nSPS) is 11.7. The molecule has 0 aromatic carbocycles. The predicted octanol–water partition coefficient (Wildman–Crippen LogP) is 0.730. The molecule has 0 aliphatic rings. The van der Waals surface area contributed by atoms with Gasteiger partial charge in [-0.25, -0.2) is 4.98 Å². The summed E-state index contributed by atoms with van der Waals surface area (Å²) in [4.78, 5) is 16.0. The molecule has 2 aromatic heterocycles. The monoisotopic (exact) mass is 246 g/mol. The minimum atomic E-state index is -0.834. The van der Waals surface area contributed by atoms with Crippen molar-refractivity contribution in [3.8, 4) is 0 Å². The lowest BCUT2D eigenvalue weighted by atomic mass is 10.1. The number of fused-ring (bicyclic) bond motifs is 1. The van der Waals surface area contributed by atoms with E-state index in [9.17, 15) is 4.79 Å². The van der Waals surface area contributed by atoms with Gasteiger partial charge < -0.3 is 15.5 Å². The van der Waals surface area contributed by atoms with E-state index in [1.54, 1.807) is 13.8 Å². The quantitative estimate of drug-likeness (QED) is 0.835. The summed E-state index contributed by atoms with van der Waals surface area (Å²) in [7, 11) is 0. The zero-order valence-corrected chi connectivity index (χ0v) is 10.7. The second kappa shape index (κ2) is 4.78. The van der Waals surface area contributed by atoms with Gasteiger partial charge in [0.05, 0.1) is 11.2 Å². The Kier molecular flexibility index (Phi) is 3.34. The molecule has 2 heterocycles. The van der Waals surface area contributed by atoms with E-state index < -0.39 is 5.54 Å². The van der Waals surface area contributed by atoms with Gasteiger partial charge in [-0.1, -0.05) is 6.07 Å². The van der Waals surface area contributed by atoms with Crippen molar-refractivity contribution in [2.45, 2.75) is 25.8 Å². The molecule has 96 valence electrons. The molecule has 5 nitrogen and oxygen atoms in total. The number of rotatable bonds is 4. The van der Waals surface area contributed by atoms with Crippen molar-refractivity contribution in [3.63, 3.8) is 0 Å². The summed E-state index contributed by atoms with van der Waals surface area (Å²) in [6.45, 7) is 3.92. The maximum atomic E-state index is 11.6. The highest BCUT2D eigenvalue weighted by atomic mass is 16.2. The van der Waals surface area contributed by atoms with Crippen molar-refractivity contribution in [1.82, 2.24) is 14.7 Å². The number of nitrogens with two attached hydrogens (primary N) is 1. The molecular weight excluding hydrogens is 228 g/mol. The van der Waals surface area contributed by atoms with E-state index in [0.717, 1.165) is 11.3 Å². The molecule has 3 N–H and O–H groups in total. The van der Waals surface area contributed by atoms with Crippen LogP contribution in [0, 0.1) is 0 Å². The summed E-state index contributed by atoms with van der Waals surface area (Å²) >= 11 is 0. The molecule has 2 aromatic rings. The van der Waals surface area contributed by atoms with E-state index in [1.807, 2.05) is 35.0 Å². The summed E-state index contributed by atoms with van der Waals surface area (Å²) in [6.07, 6.45) is 4.62. The topological polar surface area (TPSA) is 72.4 Å². The second-order valence-electron chi connectivity index (χ2n) is 4.93. The number of hydrogen-bond acceptors (Lipinski definition) is 3. The molecule has 0 radical (unpaired) electrons. The van der Waals surface area contributed by atoms with Crippen LogP contribution in [0.2, 0.25) is 0 Å². The Morgan fingerprint density at radius 1 is 1.50 bits per heavy atom. The molecular formula is C13H18N4O. The third kappa shape index (κ3) is 2.87. The molecule has 0 bridgehead atoms. The van der Waals surface area contributed by atoms with Crippen LogP contribution in [0.4, 0.5) is 0 Å². The van der Waals surface area contributed by atoms with Gasteiger partial charge in [0.25, 0.3) is 0 Å². The molecule has 0 unspecified atom stereocenters. The number of pyridine rings is 1. The molecule has 0 fully saturated rings.